The summed E-state index contributed by atoms with van der Waals surface area (Å²) in [6.45, 7) is 3.02. The Balaban J connectivity index is 2.11. The molecule has 1 aliphatic rings. The summed E-state index contributed by atoms with van der Waals surface area (Å²) in [5.41, 5.74) is 3.78. The lowest BCUT2D eigenvalue weighted by Crippen LogP contribution is -2.16. The Labute approximate surface area is 112 Å². The summed E-state index contributed by atoms with van der Waals surface area (Å²) in [7, 11) is 0. The van der Waals surface area contributed by atoms with E-state index in [0.717, 1.165) is 35.5 Å². The smallest absolute Gasteiger partial charge is 0.102 e. The fourth-order valence-corrected chi connectivity index (χ4v) is 2.70. The van der Waals surface area contributed by atoms with Crippen molar-refractivity contribution in [3.05, 3.63) is 47.5 Å². The van der Waals surface area contributed by atoms with Crippen molar-refractivity contribution in [2.45, 2.75) is 25.8 Å². The Hall–Kier alpha value is -2.12. The highest BCUT2D eigenvalue weighted by molar-refractivity contribution is 5.53. The minimum absolute atomic E-state index is 0.342. The molecule has 0 amide bonds. The zero-order valence-electron chi connectivity index (χ0n) is 10.9. The third-order valence-electron chi connectivity index (χ3n) is 3.71. The fraction of sp³-hybridized carbons (Fsp3) is 0.333. The number of benzene rings is 1. The minimum atomic E-state index is 0.342. The fourth-order valence-electron chi connectivity index (χ4n) is 2.70. The SMILES string of the molecule is Cc1cccc(-n2cncc2[C@@H]2CCCN2)c1C#N. The maximum atomic E-state index is 9.35. The largest absolute Gasteiger partial charge is 0.309 e. The number of hydrogen-bond donors (Lipinski definition) is 1. The molecule has 0 saturated carbocycles. The third-order valence-corrected chi connectivity index (χ3v) is 3.71. The molecule has 1 fully saturated rings. The van der Waals surface area contributed by atoms with Gasteiger partial charge in [-0.05, 0) is 37.9 Å². The van der Waals surface area contributed by atoms with Crippen LogP contribution < -0.4 is 5.32 Å². The number of aryl methyl sites for hydroxylation is 1. The van der Waals surface area contributed by atoms with Crippen molar-refractivity contribution in [1.29, 1.82) is 5.26 Å². The van der Waals surface area contributed by atoms with Crippen LogP contribution >= 0.6 is 0 Å². The van der Waals surface area contributed by atoms with Gasteiger partial charge in [-0.2, -0.15) is 5.26 Å². The van der Waals surface area contributed by atoms with Gasteiger partial charge in [-0.25, -0.2) is 4.98 Å². The molecule has 0 radical (unpaired) electrons. The Bertz CT molecular complexity index is 630. The molecule has 0 bridgehead atoms. The van der Waals surface area contributed by atoms with Crippen LogP contribution in [0.1, 0.15) is 35.7 Å². The van der Waals surface area contributed by atoms with Gasteiger partial charge in [0.05, 0.1) is 29.5 Å². The second kappa shape index (κ2) is 4.87. The van der Waals surface area contributed by atoms with E-state index in [0.29, 0.717) is 6.04 Å². The number of imidazole rings is 1. The first-order valence-electron chi connectivity index (χ1n) is 6.57. The van der Waals surface area contributed by atoms with Crippen molar-refractivity contribution in [1.82, 2.24) is 14.9 Å². The number of aromatic nitrogens is 2. The number of hydrogen-bond acceptors (Lipinski definition) is 3. The average Bonchev–Trinajstić information content (AvgIpc) is 3.09. The van der Waals surface area contributed by atoms with E-state index in [2.05, 4.69) is 16.4 Å². The Morgan fingerprint density at radius 2 is 2.37 bits per heavy atom. The van der Waals surface area contributed by atoms with Gasteiger partial charge in [0, 0.05) is 6.04 Å². The Morgan fingerprint density at radius 3 is 3.11 bits per heavy atom. The average molecular weight is 252 g/mol. The minimum Gasteiger partial charge on any atom is -0.309 e. The van der Waals surface area contributed by atoms with Crippen molar-refractivity contribution in [3.8, 4) is 11.8 Å². The van der Waals surface area contributed by atoms with Gasteiger partial charge in [-0.15, -0.1) is 0 Å². The predicted molar refractivity (Wildman–Crippen MR) is 73.0 cm³/mol. The van der Waals surface area contributed by atoms with Crippen LogP contribution in [0.15, 0.2) is 30.7 Å². The van der Waals surface area contributed by atoms with Gasteiger partial charge in [0.2, 0.25) is 0 Å². The third kappa shape index (κ3) is 2.02. The standard InChI is InChI=1S/C15H16N4/c1-11-4-2-6-14(12(11)8-16)19-10-17-9-15(19)13-5-3-7-18-13/h2,4,6,9-10,13,18H,3,5,7H2,1H3/t13-/m0/s1. The highest BCUT2D eigenvalue weighted by Gasteiger charge is 2.21. The lowest BCUT2D eigenvalue weighted by atomic mass is 10.1. The highest BCUT2D eigenvalue weighted by Crippen LogP contribution is 2.27. The molecule has 0 aliphatic carbocycles. The summed E-state index contributed by atoms with van der Waals surface area (Å²) in [5, 5.41) is 12.8. The summed E-state index contributed by atoms with van der Waals surface area (Å²) < 4.78 is 2.04. The lowest BCUT2D eigenvalue weighted by Gasteiger charge is -2.15. The quantitative estimate of drug-likeness (QED) is 0.893. The summed E-state index contributed by atoms with van der Waals surface area (Å²) in [5.74, 6) is 0. The monoisotopic (exact) mass is 252 g/mol. The maximum Gasteiger partial charge on any atom is 0.102 e. The second-order valence-electron chi connectivity index (χ2n) is 4.92. The van der Waals surface area contributed by atoms with E-state index < -0.39 is 0 Å². The van der Waals surface area contributed by atoms with Gasteiger partial charge in [0.1, 0.15) is 6.07 Å². The predicted octanol–water partition coefficient (Wildman–Crippen LogP) is 2.48. The van der Waals surface area contributed by atoms with Crippen LogP contribution in [0.3, 0.4) is 0 Å². The van der Waals surface area contributed by atoms with Crippen molar-refractivity contribution in [3.63, 3.8) is 0 Å². The summed E-state index contributed by atoms with van der Waals surface area (Å²) in [4.78, 5) is 4.26. The van der Waals surface area contributed by atoms with Crippen molar-refractivity contribution < 1.29 is 0 Å². The van der Waals surface area contributed by atoms with Crippen molar-refractivity contribution in [2.24, 2.45) is 0 Å². The number of nitrogens with one attached hydrogen (secondary N) is 1. The highest BCUT2D eigenvalue weighted by atomic mass is 15.1. The molecule has 2 heterocycles. The maximum absolute atomic E-state index is 9.35. The lowest BCUT2D eigenvalue weighted by molar-refractivity contribution is 0.615. The molecule has 1 aromatic carbocycles. The molecule has 1 atom stereocenters. The normalized spacial score (nSPS) is 18.4. The molecule has 1 aromatic heterocycles. The van der Waals surface area contributed by atoms with Crippen molar-refractivity contribution >= 4 is 0 Å². The van der Waals surface area contributed by atoms with Crippen LogP contribution in [-0.2, 0) is 0 Å². The summed E-state index contributed by atoms with van der Waals surface area (Å²) in [6.07, 6.45) is 6.01. The Morgan fingerprint density at radius 1 is 1.47 bits per heavy atom. The van der Waals surface area contributed by atoms with E-state index in [1.54, 1.807) is 6.33 Å². The van der Waals surface area contributed by atoms with Gasteiger partial charge < -0.3 is 9.88 Å². The van der Waals surface area contributed by atoms with Gasteiger partial charge in [-0.1, -0.05) is 12.1 Å². The van der Waals surface area contributed by atoms with E-state index in [1.165, 1.54) is 6.42 Å². The van der Waals surface area contributed by atoms with Crippen LogP contribution in [0.5, 0.6) is 0 Å². The molecule has 2 aromatic rings. The first-order chi connectivity index (χ1) is 9.31. The van der Waals surface area contributed by atoms with E-state index in [9.17, 15) is 5.26 Å². The first-order valence-corrected chi connectivity index (χ1v) is 6.57. The summed E-state index contributed by atoms with van der Waals surface area (Å²) in [6, 6.07) is 8.57. The van der Waals surface area contributed by atoms with Crippen molar-refractivity contribution in [2.75, 3.05) is 6.54 Å². The van der Waals surface area contributed by atoms with E-state index in [-0.39, 0.29) is 0 Å². The molecule has 4 heteroatoms. The molecule has 0 spiro atoms. The first kappa shape index (κ1) is 11.9. The molecule has 0 unspecified atom stereocenters. The molecular formula is C15H16N4. The van der Waals surface area contributed by atoms with E-state index >= 15 is 0 Å². The molecule has 1 aliphatic heterocycles. The van der Waals surface area contributed by atoms with E-state index in [1.807, 2.05) is 35.9 Å². The van der Waals surface area contributed by atoms with Gasteiger partial charge in [-0.3, -0.25) is 0 Å². The van der Waals surface area contributed by atoms with Gasteiger partial charge >= 0.3 is 0 Å². The van der Waals surface area contributed by atoms with Gasteiger partial charge in [0.15, 0.2) is 0 Å². The topological polar surface area (TPSA) is 53.6 Å². The molecular weight excluding hydrogens is 236 g/mol. The molecule has 1 saturated heterocycles. The number of nitrogens with zero attached hydrogens (tertiary/aromatic N) is 3. The van der Waals surface area contributed by atoms with Crippen LogP contribution in [-0.4, -0.2) is 16.1 Å². The van der Waals surface area contributed by atoms with Crippen LogP contribution in [0.25, 0.3) is 5.69 Å². The number of rotatable bonds is 2. The van der Waals surface area contributed by atoms with E-state index in [4.69, 9.17) is 0 Å². The van der Waals surface area contributed by atoms with Gasteiger partial charge in [0.25, 0.3) is 0 Å². The van der Waals surface area contributed by atoms with Crippen LogP contribution in [0, 0.1) is 18.3 Å². The molecule has 19 heavy (non-hydrogen) atoms. The molecule has 4 nitrogen and oxygen atoms in total. The Kier molecular flexibility index (Phi) is 3.06. The zero-order valence-corrected chi connectivity index (χ0v) is 10.9. The molecule has 96 valence electrons. The zero-order chi connectivity index (χ0) is 13.2. The van der Waals surface area contributed by atoms with Crippen LogP contribution in [0.4, 0.5) is 0 Å². The van der Waals surface area contributed by atoms with Crippen LogP contribution in [0.2, 0.25) is 0 Å². The molecule has 3 rings (SSSR count). The number of nitriles is 1. The summed E-state index contributed by atoms with van der Waals surface area (Å²) >= 11 is 0. The second-order valence-corrected chi connectivity index (χ2v) is 4.92. The molecule has 1 N–H and O–H groups in total.